The predicted octanol–water partition coefficient (Wildman–Crippen LogP) is 11.1. The van der Waals surface area contributed by atoms with E-state index in [0.717, 1.165) is 17.5 Å². The molecule has 0 atom stereocenters. The van der Waals surface area contributed by atoms with Crippen molar-refractivity contribution >= 4 is 55.5 Å². The third kappa shape index (κ3) is 11.4. The van der Waals surface area contributed by atoms with Crippen LogP contribution in [0.25, 0.3) is 22.3 Å². The van der Waals surface area contributed by atoms with Gasteiger partial charge in [0.1, 0.15) is 8.07 Å². The van der Waals surface area contributed by atoms with Crippen LogP contribution in [0.4, 0.5) is 0 Å². The van der Waals surface area contributed by atoms with Crippen molar-refractivity contribution in [2.24, 2.45) is 0 Å². The number of rotatable bonds is 9. The van der Waals surface area contributed by atoms with E-state index in [1.807, 2.05) is 12.1 Å². The molecule has 1 heterocycles. The van der Waals surface area contributed by atoms with Crippen molar-refractivity contribution in [3.05, 3.63) is 241 Å². The van der Waals surface area contributed by atoms with Gasteiger partial charge < -0.3 is 12.8 Å². The van der Waals surface area contributed by atoms with Crippen LogP contribution in [-0.2, 0) is 51.2 Å². The number of unbranched alkanes of at least 4 members (excludes halogenated alkanes) is 1. The Morgan fingerprint density at radius 2 is 0.781 bits per heavy atom. The molecular formula is C59H52Au2P2Si+2. The molecule has 1 aliphatic carbocycles. The number of hydrogen-bond donors (Lipinski definition) is 0. The number of hydrogen-bond acceptors (Lipinski definition) is 0. The molecule has 0 saturated heterocycles. The molecule has 0 saturated carbocycles. The number of fused-ring (bicyclic) bond motifs is 6. The van der Waals surface area contributed by atoms with E-state index >= 15 is 0 Å². The van der Waals surface area contributed by atoms with Crippen LogP contribution in [0.15, 0.2) is 206 Å². The molecule has 8 aromatic carbocycles. The Balaban J connectivity index is 0.000000170. The maximum absolute atomic E-state index is 7.26. The summed E-state index contributed by atoms with van der Waals surface area (Å²) < 4.78 is 0. The van der Waals surface area contributed by atoms with Gasteiger partial charge in [0.2, 0.25) is 0 Å². The van der Waals surface area contributed by atoms with Gasteiger partial charge in [0, 0.05) is 0 Å². The fourth-order valence-corrected chi connectivity index (χ4v) is 17.6. The molecule has 0 bridgehead atoms. The van der Waals surface area contributed by atoms with Gasteiger partial charge in [0.05, 0.1) is 49.4 Å². The second-order valence-corrected chi connectivity index (χ2v) is 26.1. The Kier molecular flexibility index (Phi) is 18.0. The average molecular weight is 1250 g/mol. The van der Waals surface area contributed by atoms with Crippen LogP contribution < -0.4 is 31.6 Å². The SMILES string of the molecule is [Au+].[Au+].[C-]#Cc1ccc2c(c1)Cc1ccccc1-2.[C-]#Cc1ccc2c(c1)[Si](C)(C)c1ccccc1-2.c1ccc([PH+](CCCC[PH+](c2ccccc2)c2ccccc2)c2ccccc2)cc1. The Labute approximate surface area is 416 Å². The molecule has 5 heteroatoms. The summed E-state index contributed by atoms with van der Waals surface area (Å²) in [6.45, 7) is 4.76. The van der Waals surface area contributed by atoms with Crippen LogP contribution in [0.5, 0.6) is 0 Å². The molecule has 2 aliphatic rings. The van der Waals surface area contributed by atoms with Crippen molar-refractivity contribution in [3.8, 4) is 34.1 Å². The van der Waals surface area contributed by atoms with Crippen LogP contribution in [0.2, 0.25) is 13.1 Å². The van der Waals surface area contributed by atoms with Crippen molar-refractivity contribution in [1.82, 2.24) is 0 Å². The van der Waals surface area contributed by atoms with Crippen molar-refractivity contribution in [2.45, 2.75) is 32.4 Å². The number of benzene rings is 8. The topological polar surface area (TPSA) is 0 Å². The summed E-state index contributed by atoms with van der Waals surface area (Å²) in [6, 6.07) is 74.2. The zero-order chi connectivity index (χ0) is 42.7. The fraction of sp³-hybridized carbons (Fsp3) is 0.119. The molecule has 0 spiro atoms. The summed E-state index contributed by atoms with van der Waals surface area (Å²) in [6.07, 6.45) is 20.6. The van der Waals surface area contributed by atoms with Gasteiger partial charge in [0.15, 0.2) is 0 Å². The monoisotopic (exact) mass is 1240 g/mol. The summed E-state index contributed by atoms with van der Waals surface area (Å²) >= 11 is 0. The molecular weight excluding hydrogens is 1190 g/mol. The second-order valence-electron chi connectivity index (χ2n) is 16.5. The van der Waals surface area contributed by atoms with E-state index in [0.29, 0.717) is 0 Å². The Bertz CT molecular complexity index is 2670. The third-order valence-electron chi connectivity index (χ3n) is 12.3. The first-order chi connectivity index (χ1) is 30.4. The minimum absolute atomic E-state index is 0. The van der Waals surface area contributed by atoms with Crippen LogP contribution >= 0.6 is 15.8 Å². The van der Waals surface area contributed by atoms with Gasteiger partial charge in [-0.3, -0.25) is 11.8 Å². The summed E-state index contributed by atoms with van der Waals surface area (Å²) in [7, 11) is -2.98. The van der Waals surface area contributed by atoms with E-state index < -0.39 is 23.9 Å². The van der Waals surface area contributed by atoms with Gasteiger partial charge in [-0.05, 0) is 101 Å². The fourth-order valence-electron chi connectivity index (χ4n) is 9.08. The van der Waals surface area contributed by atoms with Crippen molar-refractivity contribution in [1.29, 1.82) is 0 Å². The Hall–Kier alpha value is -4.56. The summed E-state index contributed by atoms with van der Waals surface area (Å²) in [4.78, 5) is 0. The van der Waals surface area contributed by atoms with Crippen LogP contribution in [0, 0.1) is 24.7 Å². The zero-order valence-corrected chi connectivity index (χ0v) is 43.6. The standard InChI is InChI=1S/C28H28P2.C16H13Si.C15H9.2Au/c1-5-15-25(16-6-1)29(26-17-7-2-8-18-26)23-13-14-24-30(27-19-9-3-10-20-27)28-21-11-4-12-22-28;1-4-12-9-10-14-13-7-5-6-8-15(13)17(2,3)16(14)11-12;1-2-11-7-8-15-13(9-11)10-12-5-3-4-6-14(12)15;;/h1-12,15-22H,13-14,23-24H2;5-11H,2-3H3;3-9H,10H2;;/q;2*-1;2*+1/p+2. The van der Waals surface area contributed by atoms with E-state index in [-0.39, 0.29) is 44.8 Å². The van der Waals surface area contributed by atoms with Crippen LogP contribution in [-0.4, -0.2) is 20.4 Å². The van der Waals surface area contributed by atoms with Gasteiger partial charge >= 0.3 is 44.8 Å². The molecule has 0 aromatic heterocycles. The van der Waals surface area contributed by atoms with E-state index in [1.54, 1.807) is 0 Å². The molecule has 8 aromatic rings. The molecule has 10 rings (SSSR count). The summed E-state index contributed by atoms with van der Waals surface area (Å²) in [5.74, 6) is 4.93. The molecule has 1 aliphatic heterocycles. The zero-order valence-electron chi connectivity index (χ0n) is 36.3. The second kappa shape index (κ2) is 23.6. The quantitative estimate of drug-likeness (QED) is 0.0444. The largest absolute Gasteiger partial charge is 1.00 e. The van der Waals surface area contributed by atoms with Crippen LogP contribution in [0.3, 0.4) is 0 Å². The third-order valence-corrected chi connectivity index (χ3v) is 21.6. The molecule has 0 nitrogen and oxygen atoms in total. The van der Waals surface area contributed by atoms with E-state index in [2.05, 4.69) is 219 Å². The van der Waals surface area contributed by atoms with E-state index in [9.17, 15) is 0 Å². The summed E-state index contributed by atoms with van der Waals surface area (Å²) in [5, 5.41) is 9.08. The first-order valence-electron chi connectivity index (χ1n) is 21.7. The molecule has 322 valence electrons. The first-order valence-corrected chi connectivity index (χ1v) is 28.1. The minimum atomic E-state index is -1.55. The Morgan fingerprint density at radius 3 is 1.27 bits per heavy atom. The average Bonchev–Trinajstić information content (AvgIpc) is 3.82. The van der Waals surface area contributed by atoms with Gasteiger partial charge in [0.25, 0.3) is 0 Å². The normalized spacial score (nSPS) is 11.9. The maximum Gasteiger partial charge on any atom is 1.00 e. The van der Waals surface area contributed by atoms with E-state index in [1.165, 1.54) is 90.1 Å². The van der Waals surface area contributed by atoms with Gasteiger partial charge in [-0.15, -0.1) is 35.4 Å². The molecule has 0 amide bonds. The van der Waals surface area contributed by atoms with E-state index in [4.69, 9.17) is 12.8 Å². The van der Waals surface area contributed by atoms with Gasteiger partial charge in [-0.1, -0.05) is 157 Å². The summed E-state index contributed by atoms with van der Waals surface area (Å²) in [5.41, 5.74) is 9.84. The molecule has 0 N–H and O–H groups in total. The van der Waals surface area contributed by atoms with Gasteiger partial charge in [-0.2, -0.15) is 0 Å². The van der Waals surface area contributed by atoms with Crippen molar-refractivity contribution in [3.63, 3.8) is 0 Å². The minimum Gasteiger partial charge on any atom is -0.366 e. The maximum atomic E-state index is 7.26. The molecule has 0 fully saturated rings. The smallest absolute Gasteiger partial charge is 0.366 e. The molecule has 64 heavy (non-hydrogen) atoms. The molecule has 0 unspecified atom stereocenters. The van der Waals surface area contributed by atoms with Crippen molar-refractivity contribution in [2.75, 3.05) is 12.3 Å². The molecule has 0 radical (unpaired) electrons. The van der Waals surface area contributed by atoms with Gasteiger partial charge in [-0.25, -0.2) is 0 Å². The van der Waals surface area contributed by atoms with Crippen LogP contribution in [0.1, 0.15) is 35.1 Å². The first kappa shape index (κ1) is 48.9. The Morgan fingerprint density at radius 1 is 0.406 bits per heavy atom. The van der Waals surface area contributed by atoms with Crippen molar-refractivity contribution < 1.29 is 44.8 Å². The predicted molar refractivity (Wildman–Crippen MR) is 276 cm³/mol.